The fourth-order valence-corrected chi connectivity index (χ4v) is 1.58. The van der Waals surface area contributed by atoms with Gasteiger partial charge in [-0.3, -0.25) is 0 Å². The minimum atomic E-state index is -0.0182. The molecule has 0 bridgehead atoms. The summed E-state index contributed by atoms with van der Waals surface area (Å²) < 4.78 is 0. The van der Waals surface area contributed by atoms with E-state index in [0.717, 1.165) is 6.42 Å². The van der Waals surface area contributed by atoms with Crippen LogP contribution < -0.4 is 0 Å². The largest absolute Gasteiger partial charge is 0.190 e. The SMILES string of the molecule is CCCCCCCC(CC)N=NC(C)(C)C. The van der Waals surface area contributed by atoms with Crippen LogP contribution in [-0.4, -0.2) is 11.6 Å². The van der Waals surface area contributed by atoms with Gasteiger partial charge < -0.3 is 0 Å². The highest BCUT2D eigenvalue weighted by atomic mass is 15.2. The summed E-state index contributed by atoms with van der Waals surface area (Å²) in [5, 5.41) is 8.82. The molecule has 16 heavy (non-hydrogen) atoms. The lowest BCUT2D eigenvalue weighted by atomic mass is 10.1. The van der Waals surface area contributed by atoms with E-state index >= 15 is 0 Å². The van der Waals surface area contributed by atoms with Crippen LogP contribution in [0, 0.1) is 0 Å². The van der Waals surface area contributed by atoms with E-state index in [1.54, 1.807) is 0 Å². The topological polar surface area (TPSA) is 24.7 Å². The smallest absolute Gasteiger partial charge is 0.0732 e. The van der Waals surface area contributed by atoms with Crippen LogP contribution in [0.3, 0.4) is 0 Å². The molecule has 1 unspecified atom stereocenters. The molecule has 0 spiro atoms. The molecule has 0 radical (unpaired) electrons. The van der Waals surface area contributed by atoms with Crippen molar-refractivity contribution in [3.63, 3.8) is 0 Å². The van der Waals surface area contributed by atoms with Crippen molar-refractivity contribution < 1.29 is 0 Å². The highest BCUT2D eigenvalue weighted by Crippen LogP contribution is 2.15. The molecule has 0 aliphatic heterocycles. The zero-order chi connectivity index (χ0) is 12.4. The van der Waals surface area contributed by atoms with Gasteiger partial charge in [0.2, 0.25) is 0 Å². The van der Waals surface area contributed by atoms with Gasteiger partial charge in [-0.25, -0.2) is 0 Å². The molecule has 0 aliphatic carbocycles. The lowest BCUT2D eigenvalue weighted by Gasteiger charge is -2.13. The van der Waals surface area contributed by atoms with Gasteiger partial charge in [0.15, 0.2) is 0 Å². The van der Waals surface area contributed by atoms with Crippen LogP contribution in [0.4, 0.5) is 0 Å². The van der Waals surface area contributed by atoms with Gasteiger partial charge in [0.05, 0.1) is 11.6 Å². The van der Waals surface area contributed by atoms with Gasteiger partial charge in [0, 0.05) is 0 Å². The molecular formula is C14H30N2. The van der Waals surface area contributed by atoms with Crippen molar-refractivity contribution in [2.75, 3.05) is 0 Å². The first-order chi connectivity index (χ1) is 7.49. The van der Waals surface area contributed by atoms with Gasteiger partial charge in [0.25, 0.3) is 0 Å². The van der Waals surface area contributed by atoms with Crippen LogP contribution in [0.2, 0.25) is 0 Å². The molecule has 0 rings (SSSR count). The maximum absolute atomic E-state index is 4.46. The van der Waals surface area contributed by atoms with E-state index in [4.69, 9.17) is 0 Å². The Balaban J connectivity index is 3.71. The van der Waals surface area contributed by atoms with Gasteiger partial charge in [-0.05, 0) is 33.6 Å². The van der Waals surface area contributed by atoms with E-state index in [1.165, 1.54) is 38.5 Å². The first-order valence-electron chi connectivity index (χ1n) is 6.91. The molecule has 0 heterocycles. The van der Waals surface area contributed by atoms with Crippen molar-refractivity contribution in [3.05, 3.63) is 0 Å². The number of rotatable bonds is 8. The second-order valence-electron chi connectivity index (χ2n) is 5.65. The molecule has 1 atom stereocenters. The van der Waals surface area contributed by atoms with Gasteiger partial charge in [-0.15, -0.1) is 0 Å². The van der Waals surface area contributed by atoms with Gasteiger partial charge in [0.1, 0.15) is 0 Å². The third kappa shape index (κ3) is 10.1. The number of hydrogen-bond donors (Lipinski definition) is 0. The molecule has 96 valence electrons. The Morgan fingerprint density at radius 1 is 0.938 bits per heavy atom. The summed E-state index contributed by atoms with van der Waals surface area (Å²) in [6.45, 7) is 10.8. The van der Waals surface area contributed by atoms with Crippen LogP contribution in [0.5, 0.6) is 0 Å². The maximum atomic E-state index is 4.46. The Labute approximate surface area is 102 Å². The van der Waals surface area contributed by atoms with Gasteiger partial charge in [-0.1, -0.05) is 46.0 Å². The fourth-order valence-electron chi connectivity index (χ4n) is 1.58. The van der Waals surface area contributed by atoms with E-state index in [1.807, 2.05) is 0 Å². The Bertz CT molecular complexity index is 180. The summed E-state index contributed by atoms with van der Waals surface area (Å²) in [5.41, 5.74) is -0.0182. The molecule has 2 nitrogen and oxygen atoms in total. The summed E-state index contributed by atoms with van der Waals surface area (Å²) in [6.07, 6.45) is 9.06. The van der Waals surface area contributed by atoms with E-state index in [-0.39, 0.29) is 5.54 Å². The second-order valence-corrected chi connectivity index (χ2v) is 5.65. The van der Waals surface area contributed by atoms with Gasteiger partial charge in [-0.2, -0.15) is 10.2 Å². The maximum Gasteiger partial charge on any atom is 0.0732 e. The highest BCUT2D eigenvalue weighted by Gasteiger charge is 2.09. The quantitative estimate of drug-likeness (QED) is 0.392. The standard InChI is InChI=1S/C14H30N2/c1-6-8-9-10-11-12-13(7-2)15-16-14(3,4)5/h13H,6-12H2,1-5H3. The van der Waals surface area contributed by atoms with Gasteiger partial charge >= 0.3 is 0 Å². The lowest BCUT2D eigenvalue weighted by Crippen LogP contribution is -2.11. The number of unbranched alkanes of at least 4 members (excludes halogenated alkanes) is 4. The van der Waals surface area contributed by atoms with Crippen molar-refractivity contribution >= 4 is 0 Å². The Morgan fingerprint density at radius 2 is 1.56 bits per heavy atom. The predicted octanol–water partition coefficient (Wildman–Crippen LogP) is 5.38. The van der Waals surface area contributed by atoms with Crippen LogP contribution in [0.25, 0.3) is 0 Å². The molecule has 0 amide bonds. The first-order valence-corrected chi connectivity index (χ1v) is 6.91. The van der Waals surface area contributed by atoms with Crippen LogP contribution in [-0.2, 0) is 0 Å². The Morgan fingerprint density at radius 3 is 2.06 bits per heavy atom. The normalized spacial score (nSPS) is 14.6. The summed E-state index contributed by atoms with van der Waals surface area (Å²) >= 11 is 0. The molecule has 0 aromatic heterocycles. The average Bonchev–Trinajstić information content (AvgIpc) is 2.21. The number of azo groups is 1. The average molecular weight is 226 g/mol. The van der Waals surface area contributed by atoms with Crippen LogP contribution in [0.1, 0.15) is 79.6 Å². The minimum absolute atomic E-state index is 0.0182. The van der Waals surface area contributed by atoms with Crippen LogP contribution in [0.15, 0.2) is 10.2 Å². The Kier molecular flexibility index (Phi) is 8.50. The molecule has 0 aliphatic rings. The lowest BCUT2D eigenvalue weighted by molar-refractivity contribution is 0.469. The summed E-state index contributed by atoms with van der Waals surface area (Å²) in [7, 11) is 0. The number of hydrogen-bond acceptors (Lipinski definition) is 2. The molecule has 0 N–H and O–H groups in total. The van der Waals surface area contributed by atoms with Crippen LogP contribution >= 0.6 is 0 Å². The minimum Gasteiger partial charge on any atom is -0.190 e. The molecule has 0 aromatic rings. The highest BCUT2D eigenvalue weighted by molar-refractivity contribution is 4.70. The molecule has 0 aromatic carbocycles. The molecule has 2 heteroatoms. The molecule has 0 saturated carbocycles. The summed E-state index contributed by atoms with van der Waals surface area (Å²) in [5.74, 6) is 0. The van der Waals surface area contributed by atoms with E-state index in [9.17, 15) is 0 Å². The molecular weight excluding hydrogens is 196 g/mol. The third-order valence-corrected chi connectivity index (χ3v) is 2.63. The predicted molar refractivity (Wildman–Crippen MR) is 72.1 cm³/mol. The summed E-state index contributed by atoms with van der Waals surface area (Å²) in [6, 6.07) is 0.445. The fraction of sp³-hybridized carbons (Fsp3) is 1.00. The molecule has 0 fully saturated rings. The first kappa shape index (κ1) is 15.6. The zero-order valence-corrected chi connectivity index (χ0v) is 11.9. The van der Waals surface area contributed by atoms with Crippen molar-refractivity contribution in [2.45, 2.75) is 91.1 Å². The van der Waals surface area contributed by atoms with Crippen molar-refractivity contribution in [2.24, 2.45) is 10.2 Å². The third-order valence-electron chi connectivity index (χ3n) is 2.63. The van der Waals surface area contributed by atoms with E-state index in [0.29, 0.717) is 6.04 Å². The van der Waals surface area contributed by atoms with E-state index in [2.05, 4.69) is 44.8 Å². The monoisotopic (exact) mass is 226 g/mol. The van der Waals surface area contributed by atoms with Crippen molar-refractivity contribution in [1.82, 2.24) is 0 Å². The zero-order valence-electron chi connectivity index (χ0n) is 11.9. The van der Waals surface area contributed by atoms with Crippen molar-refractivity contribution in [3.8, 4) is 0 Å². The Hall–Kier alpha value is -0.400. The van der Waals surface area contributed by atoms with Crippen molar-refractivity contribution in [1.29, 1.82) is 0 Å². The molecule has 0 saturated heterocycles. The second kappa shape index (κ2) is 8.72. The van der Waals surface area contributed by atoms with E-state index < -0.39 is 0 Å². The number of nitrogens with zero attached hydrogens (tertiary/aromatic N) is 2. The summed E-state index contributed by atoms with van der Waals surface area (Å²) in [4.78, 5) is 0.